The molecule has 24 heavy (non-hydrogen) atoms. The van der Waals surface area contributed by atoms with Gasteiger partial charge in [-0.25, -0.2) is 0 Å². The van der Waals surface area contributed by atoms with Crippen molar-refractivity contribution in [3.05, 3.63) is 24.0 Å². The molecule has 2 aliphatic heterocycles. The molecule has 4 heteroatoms. The van der Waals surface area contributed by atoms with Gasteiger partial charge in [-0.1, -0.05) is 32.9 Å². The fourth-order valence-electron chi connectivity index (χ4n) is 5.92. The molecule has 0 aromatic rings. The number of allylic oxidation sites excluding steroid dienone is 3. The summed E-state index contributed by atoms with van der Waals surface area (Å²) in [5.74, 6) is 5.45. The van der Waals surface area contributed by atoms with E-state index in [0.29, 0.717) is 35.8 Å². The highest BCUT2D eigenvalue weighted by molar-refractivity contribution is 6.74. The van der Waals surface area contributed by atoms with E-state index in [9.17, 15) is 0 Å². The third-order valence-corrected chi connectivity index (χ3v) is 12.4. The number of hydrogen-bond acceptors (Lipinski definition) is 3. The summed E-state index contributed by atoms with van der Waals surface area (Å²) >= 11 is 0. The first-order chi connectivity index (χ1) is 11.3. The van der Waals surface area contributed by atoms with Gasteiger partial charge in [-0.3, -0.25) is 0 Å². The molecule has 0 aromatic carbocycles. The summed E-state index contributed by atoms with van der Waals surface area (Å²) in [5, 5.41) is 9.81. The molecule has 2 fully saturated rings. The third-order valence-electron chi connectivity index (χ3n) is 8.07. The number of hydrogen-bond donors (Lipinski definition) is 0. The second kappa shape index (κ2) is 4.63. The van der Waals surface area contributed by atoms with Gasteiger partial charge in [-0.05, 0) is 60.7 Å². The Morgan fingerprint density at radius 3 is 2.62 bits per heavy atom. The van der Waals surface area contributed by atoms with Crippen molar-refractivity contribution in [1.29, 1.82) is 0 Å². The van der Waals surface area contributed by atoms with Gasteiger partial charge in [0.1, 0.15) is 0 Å². The maximum absolute atomic E-state index is 6.78. The summed E-state index contributed by atoms with van der Waals surface area (Å²) in [6, 6.07) is 0.895. The number of nitrogens with zero attached hydrogens (tertiary/aromatic N) is 2. The molecule has 6 aliphatic rings. The first kappa shape index (κ1) is 15.4. The molecule has 0 spiro atoms. The standard InChI is InChI=1S/C20H30N2OSi/c1-20(2,3)24(4,5)23-15-10-11-9-14(15)17-16(11)18-12-7-6-8-13(12)19(17)22-21-18/h6-7,10-14,16-19H,8-9H2,1-5H3/t11-,12-,13+,14+,16+,17-,18-,19+/m1/s1. The zero-order chi connectivity index (χ0) is 16.9. The van der Waals surface area contributed by atoms with Crippen LogP contribution in [0.4, 0.5) is 0 Å². The Labute approximate surface area is 146 Å². The zero-order valence-electron chi connectivity index (χ0n) is 15.6. The Morgan fingerprint density at radius 2 is 1.88 bits per heavy atom. The average Bonchev–Trinajstić information content (AvgIpc) is 3.20. The molecule has 6 rings (SSSR count). The lowest BCUT2D eigenvalue weighted by atomic mass is 9.59. The quantitative estimate of drug-likeness (QED) is 0.502. The van der Waals surface area contributed by atoms with Crippen molar-refractivity contribution >= 4 is 8.32 Å². The average molecular weight is 343 g/mol. The highest BCUT2D eigenvalue weighted by atomic mass is 28.4. The molecule has 3 nitrogen and oxygen atoms in total. The van der Waals surface area contributed by atoms with E-state index >= 15 is 0 Å². The van der Waals surface area contributed by atoms with Crippen LogP contribution in [0.3, 0.4) is 0 Å². The van der Waals surface area contributed by atoms with Crippen LogP contribution in [0, 0.1) is 35.5 Å². The summed E-state index contributed by atoms with van der Waals surface area (Å²) in [6.45, 7) is 11.8. The van der Waals surface area contributed by atoms with Crippen LogP contribution >= 0.6 is 0 Å². The van der Waals surface area contributed by atoms with Crippen LogP contribution in [0.5, 0.6) is 0 Å². The molecule has 0 unspecified atom stereocenters. The lowest BCUT2D eigenvalue weighted by Crippen LogP contribution is -2.54. The van der Waals surface area contributed by atoms with E-state index < -0.39 is 8.32 Å². The predicted molar refractivity (Wildman–Crippen MR) is 98.1 cm³/mol. The Morgan fingerprint density at radius 1 is 1.12 bits per heavy atom. The number of fused-ring (bicyclic) bond motifs is 2. The van der Waals surface area contributed by atoms with Crippen molar-refractivity contribution in [2.45, 2.75) is 63.8 Å². The van der Waals surface area contributed by atoms with Crippen molar-refractivity contribution in [1.82, 2.24) is 0 Å². The third kappa shape index (κ3) is 1.84. The topological polar surface area (TPSA) is 34.0 Å². The molecule has 4 aliphatic carbocycles. The summed E-state index contributed by atoms with van der Waals surface area (Å²) in [7, 11) is -1.75. The van der Waals surface area contributed by atoms with Gasteiger partial charge >= 0.3 is 0 Å². The lowest BCUT2D eigenvalue weighted by molar-refractivity contribution is 0.0358. The molecule has 0 saturated heterocycles. The van der Waals surface area contributed by atoms with Crippen LogP contribution in [-0.4, -0.2) is 20.4 Å². The van der Waals surface area contributed by atoms with Gasteiger partial charge in [0.15, 0.2) is 0 Å². The molecule has 2 saturated carbocycles. The minimum Gasteiger partial charge on any atom is -0.547 e. The maximum Gasteiger partial charge on any atom is 0.250 e. The van der Waals surface area contributed by atoms with Gasteiger partial charge in [0.25, 0.3) is 0 Å². The highest BCUT2D eigenvalue weighted by Crippen LogP contribution is 2.64. The number of azo groups is 1. The van der Waals surface area contributed by atoms with Crippen LogP contribution in [0.1, 0.15) is 33.6 Å². The van der Waals surface area contributed by atoms with Crippen LogP contribution in [0.15, 0.2) is 34.2 Å². The van der Waals surface area contributed by atoms with Crippen molar-refractivity contribution < 1.29 is 4.43 Å². The molecule has 0 radical (unpaired) electrons. The van der Waals surface area contributed by atoms with Crippen LogP contribution in [-0.2, 0) is 4.43 Å². The molecule has 130 valence electrons. The van der Waals surface area contributed by atoms with Gasteiger partial charge < -0.3 is 4.43 Å². The van der Waals surface area contributed by atoms with Crippen molar-refractivity contribution in [3.8, 4) is 0 Å². The van der Waals surface area contributed by atoms with Crippen LogP contribution in [0.2, 0.25) is 18.1 Å². The van der Waals surface area contributed by atoms with Gasteiger partial charge in [-0.2, -0.15) is 10.2 Å². The van der Waals surface area contributed by atoms with E-state index in [1.54, 1.807) is 0 Å². The zero-order valence-corrected chi connectivity index (χ0v) is 16.6. The maximum atomic E-state index is 6.78. The SMILES string of the molecule is CC(C)(C)[Si](C)(C)OC1=C[C@H]2C[C@@H]1[C@H]1[C@H]3N=N[C@H]([C@@H]4C=CC[C@@H]43)[C@H]12. The van der Waals surface area contributed by atoms with E-state index in [4.69, 9.17) is 14.7 Å². The summed E-state index contributed by atoms with van der Waals surface area (Å²) in [6.07, 6.45) is 9.83. The molecule has 0 N–H and O–H groups in total. The van der Waals surface area contributed by atoms with Crippen LogP contribution in [0.25, 0.3) is 0 Å². The minimum atomic E-state index is -1.75. The molecular formula is C20H30N2OSi. The molecular weight excluding hydrogens is 312 g/mol. The molecule has 2 heterocycles. The van der Waals surface area contributed by atoms with E-state index in [1.807, 2.05) is 0 Å². The van der Waals surface area contributed by atoms with Gasteiger partial charge in [0, 0.05) is 11.8 Å². The minimum absolute atomic E-state index is 0.265. The Bertz CT molecular complexity index is 659. The summed E-state index contributed by atoms with van der Waals surface area (Å²) in [4.78, 5) is 0. The van der Waals surface area contributed by atoms with Gasteiger partial charge in [0.05, 0.1) is 17.8 Å². The summed E-state index contributed by atoms with van der Waals surface area (Å²) < 4.78 is 6.78. The largest absolute Gasteiger partial charge is 0.547 e. The monoisotopic (exact) mass is 342 g/mol. The Hall–Kier alpha value is -0.903. The van der Waals surface area contributed by atoms with Gasteiger partial charge in [-0.15, -0.1) is 0 Å². The fourth-order valence-corrected chi connectivity index (χ4v) is 7.04. The Kier molecular flexibility index (Phi) is 2.96. The van der Waals surface area contributed by atoms with E-state index in [2.05, 4.69) is 52.1 Å². The molecule has 0 amide bonds. The second-order valence-corrected chi connectivity index (χ2v) is 14.9. The van der Waals surface area contributed by atoms with Gasteiger partial charge in [0.2, 0.25) is 8.32 Å². The fraction of sp³-hybridized carbons (Fsp3) is 0.800. The van der Waals surface area contributed by atoms with E-state index in [1.165, 1.54) is 18.6 Å². The molecule has 4 bridgehead atoms. The van der Waals surface area contributed by atoms with E-state index in [-0.39, 0.29) is 5.04 Å². The number of rotatable bonds is 2. The smallest absolute Gasteiger partial charge is 0.250 e. The first-order valence-electron chi connectivity index (χ1n) is 9.75. The van der Waals surface area contributed by atoms with Crippen molar-refractivity contribution in [3.63, 3.8) is 0 Å². The van der Waals surface area contributed by atoms with E-state index in [0.717, 1.165) is 11.8 Å². The van der Waals surface area contributed by atoms with Crippen molar-refractivity contribution in [2.24, 2.45) is 45.7 Å². The lowest BCUT2D eigenvalue weighted by Gasteiger charge is -2.51. The molecule has 0 aromatic heterocycles. The normalized spacial score (nSPS) is 47.8. The second-order valence-electron chi connectivity index (χ2n) is 10.2. The highest BCUT2D eigenvalue weighted by Gasteiger charge is 2.64. The summed E-state index contributed by atoms with van der Waals surface area (Å²) in [5.41, 5.74) is 0. The predicted octanol–water partition coefficient (Wildman–Crippen LogP) is 5.18. The first-order valence-corrected chi connectivity index (χ1v) is 12.7. The molecule has 8 atom stereocenters. The van der Waals surface area contributed by atoms with Crippen LogP contribution < -0.4 is 0 Å². The van der Waals surface area contributed by atoms with Crippen molar-refractivity contribution in [2.75, 3.05) is 0 Å². The Balaban J connectivity index is 1.45.